The van der Waals surface area contributed by atoms with E-state index < -0.39 is 30.1 Å². The van der Waals surface area contributed by atoms with Crippen LogP contribution in [0.3, 0.4) is 0 Å². The molecule has 1 aliphatic rings. The van der Waals surface area contributed by atoms with Crippen molar-refractivity contribution in [3.63, 3.8) is 0 Å². The predicted molar refractivity (Wildman–Crippen MR) is 82.1 cm³/mol. The van der Waals surface area contributed by atoms with Crippen LogP contribution in [0.1, 0.15) is 25.3 Å². The van der Waals surface area contributed by atoms with E-state index in [1.807, 2.05) is 0 Å². The highest BCUT2D eigenvalue weighted by Crippen LogP contribution is 2.37. The first kappa shape index (κ1) is 17.1. The van der Waals surface area contributed by atoms with Crippen LogP contribution in [0.5, 0.6) is 5.75 Å². The van der Waals surface area contributed by atoms with Crippen LogP contribution < -0.4 is 0 Å². The van der Waals surface area contributed by atoms with Crippen molar-refractivity contribution in [3.05, 3.63) is 41.1 Å². The molecule has 0 unspecified atom stereocenters. The van der Waals surface area contributed by atoms with E-state index in [4.69, 9.17) is 25.8 Å². The number of ether oxygens (including phenoxy) is 3. The van der Waals surface area contributed by atoms with Gasteiger partial charge in [-0.1, -0.05) is 11.6 Å². The zero-order chi connectivity index (χ0) is 17.0. The number of carbonyl (C=O) groups excluding carboxylic acids is 2. The van der Waals surface area contributed by atoms with Gasteiger partial charge in [0.1, 0.15) is 12.4 Å². The lowest BCUT2D eigenvalue weighted by molar-refractivity contribution is -0.161. The summed E-state index contributed by atoms with van der Waals surface area (Å²) in [5, 5.41) is 10.5. The second kappa shape index (κ2) is 7.37. The monoisotopic (exact) mass is 340 g/mol. The number of hydrogen-bond acceptors (Lipinski definition) is 6. The Morgan fingerprint density at radius 2 is 2.04 bits per heavy atom. The van der Waals surface area contributed by atoms with Crippen molar-refractivity contribution in [1.29, 1.82) is 0 Å². The molecule has 6 nitrogen and oxygen atoms in total. The maximum absolute atomic E-state index is 11.4. The molecule has 1 aromatic carbocycles. The van der Waals surface area contributed by atoms with Crippen LogP contribution in [0, 0.1) is 0 Å². The van der Waals surface area contributed by atoms with Crippen molar-refractivity contribution >= 4 is 23.5 Å². The molecule has 7 heteroatoms. The molecule has 1 heterocycles. The first-order chi connectivity index (χ1) is 10.9. The smallest absolute Gasteiger partial charge is 0.303 e. The van der Waals surface area contributed by atoms with Crippen molar-refractivity contribution in [3.8, 4) is 5.75 Å². The number of rotatable bonds is 4. The minimum absolute atomic E-state index is 0.0225. The first-order valence-electron chi connectivity index (χ1n) is 6.99. The first-order valence-corrected chi connectivity index (χ1v) is 7.37. The highest BCUT2D eigenvalue weighted by Gasteiger charge is 2.37. The van der Waals surface area contributed by atoms with Gasteiger partial charge in [-0.25, -0.2) is 0 Å². The molecule has 0 bridgehead atoms. The Hall–Kier alpha value is -2.21. The van der Waals surface area contributed by atoms with E-state index in [2.05, 4.69) is 0 Å². The van der Waals surface area contributed by atoms with Gasteiger partial charge < -0.3 is 19.3 Å². The Morgan fingerprint density at radius 3 is 2.70 bits per heavy atom. The topological polar surface area (TPSA) is 82.1 Å². The van der Waals surface area contributed by atoms with Gasteiger partial charge >= 0.3 is 11.9 Å². The van der Waals surface area contributed by atoms with Gasteiger partial charge in [-0.05, 0) is 24.3 Å². The molecule has 0 aromatic heterocycles. The molecule has 0 aliphatic carbocycles. The van der Waals surface area contributed by atoms with Gasteiger partial charge in [-0.3, -0.25) is 9.59 Å². The molecule has 0 saturated heterocycles. The second-order valence-corrected chi connectivity index (χ2v) is 5.55. The van der Waals surface area contributed by atoms with Crippen molar-refractivity contribution in [2.75, 3.05) is 6.61 Å². The number of phenolic OH excluding ortho intramolecular Hbond substituents is 1. The second-order valence-electron chi connectivity index (χ2n) is 5.11. The Kier molecular flexibility index (Phi) is 5.50. The third kappa shape index (κ3) is 4.39. The predicted octanol–water partition coefficient (Wildman–Crippen LogP) is 2.54. The lowest BCUT2D eigenvalue weighted by Gasteiger charge is -2.34. The number of hydrogen-bond donors (Lipinski definition) is 1. The minimum atomic E-state index is -0.763. The van der Waals surface area contributed by atoms with Gasteiger partial charge in [-0.15, -0.1) is 0 Å². The van der Waals surface area contributed by atoms with E-state index in [1.165, 1.54) is 26.2 Å². The molecule has 0 radical (unpaired) electrons. The van der Waals surface area contributed by atoms with Crippen LogP contribution in [0.2, 0.25) is 5.02 Å². The maximum atomic E-state index is 11.4. The zero-order valence-corrected chi connectivity index (χ0v) is 13.4. The minimum Gasteiger partial charge on any atom is -0.508 e. The summed E-state index contributed by atoms with van der Waals surface area (Å²) < 4.78 is 15.7. The van der Waals surface area contributed by atoms with Crippen LogP contribution in [0.4, 0.5) is 0 Å². The van der Waals surface area contributed by atoms with E-state index in [9.17, 15) is 14.7 Å². The molecule has 0 spiro atoms. The lowest BCUT2D eigenvalue weighted by Crippen LogP contribution is -2.42. The van der Waals surface area contributed by atoms with Crippen LogP contribution in [0.25, 0.3) is 0 Å². The van der Waals surface area contributed by atoms with Crippen molar-refractivity contribution in [2.45, 2.75) is 32.0 Å². The largest absolute Gasteiger partial charge is 0.508 e. The fourth-order valence-electron chi connectivity index (χ4n) is 2.40. The number of phenols is 1. The van der Waals surface area contributed by atoms with Gasteiger partial charge in [0.2, 0.25) is 0 Å². The average molecular weight is 341 g/mol. The van der Waals surface area contributed by atoms with E-state index >= 15 is 0 Å². The number of aromatic hydroxyl groups is 1. The lowest BCUT2D eigenvalue weighted by atomic mass is 9.88. The molecule has 2 rings (SSSR count). The van der Waals surface area contributed by atoms with Crippen LogP contribution >= 0.6 is 11.6 Å². The molecule has 1 aliphatic heterocycles. The molecule has 0 fully saturated rings. The molecule has 0 saturated carbocycles. The standard InChI is InChI=1S/C16H17ClO6/c1-9(18)22-8-15-16(23-10(2)19)12(5-6-21-15)13-7-11(17)3-4-14(13)20/h3-7,12,15-16,20H,8H2,1-2H3/t12-,15-,16+/m1/s1. The van der Waals surface area contributed by atoms with Gasteiger partial charge in [-0.2, -0.15) is 0 Å². The van der Waals surface area contributed by atoms with E-state index in [-0.39, 0.29) is 12.4 Å². The van der Waals surface area contributed by atoms with Crippen LogP contribution in [-0.2, 0) is 23.8 Å². The van der Waals surface area contributed by atoms with Gasteiger partial charge in [0.05, 0.1) is 6.26 Å². The van der Waals surface area contributed by atoms with Crippen molar-refractivity contribution in [1.82, 2.24) is 0 Å². The summed E-state index contributed by atoms with van der Waals surface area (Å²) in [4.78, 5) is 22.4. The fraction of sp³-hybridized carbons (Fsp3) is 0.375. The highest BCUT2D eigenvalue weighted by atomic mass is 35.5. The number of esters is 2. The molecule has 1 N–H and O–H groups in total. The van der Waals surface area contributed by atoms with Gasteiger partial charge in [0.15, 0.2) is 12.2 Å². The number of benzene rings is 1. The molecule has 124 valence electrons. The fourth-order valence-corrected chi connectivity index (χ4v) is 2.58. The number of halogens is 1. The Bertz CT molecular complexity index is 627. The molecule has 23 heavy (non-hydrogen) atoms. The zero-order valence-electron chi connectivity index (χ0n) is 12.7. The maximum Gasteiger partial charge on any atom is 0.303 e. The third-order valence-electron chi connectivity index (χ3n) is 3.36. The number of carbonyl (C=O) groups is 2. The quantitative estimate of drug-likeness (QED) is 0.848. The molecule has 1 aromatic rings. The van der Waals surface area contributed by atoms with E-state index in [0.29, 0.717) is 10.6 Å². The summed E-state index contributed by atoms with van der Waals surface area (Å²) in [5.74, 6) is -1.43. The van der Waals surface area contributed by atoms with Crippen molar-refractivity contribution < 1.29 is 28.9 Å². The summed E-state index contributed by atoms with van der Waals surface area (Å²) in [6.07, 6.45) is 1.64. The molecule has 0 amide bonds. The molecule has 3 atom stereocenters. The SMILES string of the molecule is CC(=O)OC[C@H]1OC=C[C@H](c2cc(Cl)ccc2O)[C@@H]1OC(C)=O. The van der Waals surface area contributed by atoms with Gasteiger partial charge in [0.25, 0.3) is 0 Å². The van der Waals surface area contributed by atoms with Gasteiger partial charge in [0, 0.05) is 30.4 Å². The summed E-state index contributed by atoms with van der Waals surface area (Å²) in [5.41, 5.74) is 0.496. The van der Waals surface area contributed by atoms with Crippen molar-refractivity contribution in [2.24, 2.45) is 0 Å². The van der Waals surface area contributed by atoms with Crippen LogP contribution in [-0.4, -0.2) is 35.9 Å². The summed E-state index contributed by atoms with van der Waals surface area (Å²) in [7, 11) is 0. The average Bonchev–Trinajstić information content (AvgIpc) is 2.48. The Morgan fingerprint density at radius 1 is 1.30 bits per heavy atom. The third-order valence-corrected chi connectivity index (χ3v) is 3.60. The molecular weight excluding hydrogens is 324 g/mol. The van der Waals surface area contributed by atoms with E-state index in [0.717, 1.165) is 0 Å². The normalized spacial score (nSPS) is 23.0. The van der Waals surface area contributed by atoms with E-state index in [1.54, 1.807) is 18.2 Å². The molecular formula is C16H17ClO6. The summed E-state index contributed by atoms with van der Waals surface area (Å²) in [6, 6.07) is 4.62. The Balaban J connectivity index is 2.33. The Labute approximate surface area is 138 Å². The highest BCUT2D eigenvalue weighted by molar-refractivity contribution is 6.30. The summed E-state index contributed by atoms with van der Waals surface area (Å²) in [6.45, 7) is 2.48. The van der Waals surface area contributed by atoms with Crippen LogP contribution in [0.15, 0.2) is 30.5 Å². The summed E-state index contributed by atoms with van der Waals surface area (Å²) >= 11 is 5.99.